The first kappa shape index (κ1) is 13.4. The standard InChI is InChI=1S/C12H19N3O2/c1-5-12(2,3)9-6-10(15-8-14-9)13-7-11(16)17-4/h6,8H,5,7H2,1-4H3,(H,13,14,15). The first-order chi connectivity index (χ1) is 7.99. The first-order valence-electron chi connectivity index (χ1n) is 5.63. The van der Waals surface area contributed by atoms with Crippen LogP contribution in [0.4, 0.5) is 5.82 Å². The van der Waals surface area contributed by atoms with Crippen LogP contribution in [0.5, 0.6) is 0 Å². The van der Waals surface area contributed by atoms with E-state index in [0.29, 0.717) is 5.82 Å². The van der Waals surface area contributed by atoms with Crippen molar-refractivity contribution in [2.45, 2.75) is 32.6 Å². The normalized spacial score (nSPS) is 11.1. The number of nitrogens with zero attached hydrogens (tertiary/aromatic N) is 2. The SMILES string of the molecule is CCC(C)(C)c1cc(NCC(=O)OC)ncn1. The van der Waals surface area contributed by atoms with Crippen molar-refractivity contribution in [2.24, 2.45) is 0 Å². The Kier molecular flexibility index (Phi) is 4.43. The van der Waals surface area contributed by atoms with Crippen LogP contribution in [-0.2, 0) is 14.9 Å². The average Bonchev–Trinajstić information content (AvgIpc) is 2.36. The van der Waals surface area contributed by atoms with Gasteiger partial charge in [0, 0.05) is 11.5 Å². The van der Waals surface area contributed by atoms with Crippen LogP contribution in [0.15, 0.2) is 12.4 Å². The Morgan fingerprint density at radius 2 is 2.18 bits per heavy atom. The van der Waals surface area contributed by atoms with Gasteiger partial charge in [0.25, 0.3) is 0 Å². The molecule has 0 saturated carbocycles. The smallest absolute Gasteiger partial charge is 0.325 e. The molecular formula is C12H19N3O2. The second-order valence-electron chi connectivity index (χ2n) is 4.46. The molecule has 0 aliphatic rings. The van der Waals surface area contributed by atoms with Crippen molar-refractivity contribution < 1.29 is 9.53 Å². The minimum Gasteiger partial charge on any atom is -0.468 e. The molecule has 1 aromatic rings. The van der Waals surface area contributed by atoms with E-state index in [1.807, 2.05) is 6.07 Å². The predicted octanol–water partition coefficient (Wildman–Crippen LogP) is 1.75. The highest BCUT2D eigenvalue weighted by Gasteiger charge is 2.20. The third-order valence-electron chi connectivity index (χ3n) is 2.89. The van der Waals surface area contributed by atoms with Crippen molar-refractivity contribution in [3.63, 3.8) is 0 Å². The molecule has 0 aliphatic heterocycles. The summed E-state index contributed by atoms with van der Waals surface area (Å²) in [7, 11) is 1.36. The highest BCUT2D eigenvalue weighted by Crippen LogP contribution is 2.25. The third-order valence-corrected chi connectivity index (χ3v) is 2.89. The fraction of sp³-hybridized carbons (Fsp3) is 0.583. The van der Waals surface area contributed by atoms with Crippen LogP contribution in [0.1, 0.15) is 32.9 Å². The highest BCUT2D eigenvalue weighted by atomic mass is 16.5. The van der Waals surface area contributed by atoms with E-state index < -0.39 is 0 Å². The Morgan fingerprint density at radius 1 is 1.47 bits per heavy atom. The van der Waals surface area contributed by atoms with Gasteiger partial charge in [-0.2, -0.15) is 0 Å². The molecule has 0 aliphatic carbocycles. The maximum atomic E-state index is 11.0. The lowest BCUT2D eigenvalue weighted by Crippen LogP contribution is -2.20. The van der Waals surface area contributed by atoms with Crippen LogP contribution >= 0.6 is 0 Å². The summed E-state index contributed by atoms with van der Waals surface area (Å²) in [5.74, 6) is 0.321. The van der Waals surface area contributed by atoms with Crippen LogP contribution in [0.2, 0.25) is 0 Å². The quantitative estimate of drug-likeness (QED) is 0.790. The fourth-order valence-electron chi connectivity index (χ4n) is 1.24. The molecule has 1 N–H and O–H groups in total. The van der Waals surface area contributed by atoms with E-state index in [4.69, 9.17) is 0 Å². The Hall–Kier alpha value is -1.65. The fourth-order valence-corrected chi connectivity index (χ4v) is 1.24. The van der Waals surface area contributed by atoms with E-state index in [9.17, 15) is 4.79 Å². The van der Waals surface area contributed by atoms with Crippen LogP contribution in [0, 0.1) is 0 Å². The van der Waals surface area contributed by atoms with Gasteiger partial charge < -0.3 is 10.1 Å². The number of aromatic nitrogens is 2. The zero-order chi connectivity index (χ0) is 12.9. The maximum absolute atomic E-state index is 11.0. The highest BCUT2D eigenvalue weighted by molar-refractivity contribution is 5.74. The predicted molar refractivity (Wildman–Crippen MR) is 65.9 cm³/mol. The first-order valence-corrected chi connectivity index (χ1v) is 5.63. The minimum atomic E-state index is -0.320. The zero-order valence-corrected chi connectivity index (χ0v) is 10.8. The van der Waals surface area contributed by atoms with E-state index in [2.05, 4.69) is 40.8 Å². The number of rotatable bonds is 5. The molecule has 1 heterocycles. The molecular weight excluding hydrogens is 218 g/mol. The van der Waals surface area contributed by atoms with E-state index in [1.54, 1.807) is 0 Å². The molecule has 0 unspecified atom stereocenters. The lowest BCUT2D eigenvalue weighted by Gasteiger charge is -2.22. The van der Waals surface area contributed by atoms with Gasteiger partial charge in [0.15, 0.2) is 0 Å². The topological polar surface area (TPSA) is 64.1 Å². The summed E-state index contributed by atoms with van der Waals surface area (Å²) >= 11 is 0. The molecule has 0 radical (unpaired) electrons. The molecule has 0 spiro atoms. The third kappa shape index (κ3) is 3.69. The number of hydrogen-bond donors (Lipinski definition) is 1. The van der Waals surface area contributed by atoms with Crippen LogP contribution in [0.25, 0.3) is 0 Å². The molecule has 0 bridgehead atoms. The summed E-state index contributed by atoms with van der Waals surface area (Å²) in [6, 6.07) is 1.87. The number of carbonyl (C=O) groups excluding carboxylic acids is 1. The largest absolute Gasteiger partial charge is 0.468 e. The number of anilines is 1. The van der Waals surface area contributed by atoms with Crippen LogP contribution in [0.3, 0.4) is 0 Å². The van der Waals surface area contributed by atoms with Crippen molar-refractivity contribution in [3.8, 4) is 0 Å². The van der Waals surface area contributed by atoms with Gasteiger partial charge in [0.2, 0.25) is 0 Å². The van der Waals surface area contributed by atoms with Gasteiger partial charge >= 0.3 is 5.97 Å². The molecule has 17 heavy (non-hydrogen) atoms. The van der Waals surface area contributed by atoms with E-state index in [-0.39, 0.29) is 17.9 Å². The number of ether oxygens (including phenoxy) is 1. The number of esters is 1. The van der Waals surface area contributed by atoms with Crippen molar-refractivity contribution in [2.75, 3.05) is 19.0 Å². The minimum absolute atomic E-state index is 0.00460. The van der Waals surface area contributed by atoms with Gasteiger partial charge in [-0.3, -0.25) is 4.79 Å². The molecule has 0 amide bonds. The molecule has 5 heteroatoms. The summed E-state index contributed by atoms with van der Waals surface area (Å²) in [5.41, 5.74) is 0.965. The second kappa shape index (κ2) is 5.61. The van der Waals surface area contributed by atoms with E-state index in [1.165, 1.54) is 13.4 Å². The molecule has 5 nitrogen and oxygen atoms in total. The lowest BCUT2D eigenvalue weighted by atomic mass is 9.86. The molecule has 0 fully saturated rings. The van der Waals surface area contributed by atoms with Gasteiger partial charge in [-0.05, 0) is 6.42 Å². The van der Waals surface area contributed by atoms with Gasteiger partial charge in [-0.25, -0.2) is 9.97 Å². The summed E-state index contributed by atoms with van der Waals surface area (Å²) in [6.45, 7) is 6.47. The Bertz CT molecular complexity index is 391. The number of carbonyl (C=O) groups is 1. The van der Waals surface area contributed by atoms with Crippen molar-refractivity contribution in [3.05, 3.63) is 18.1 Å². The van der Waals surface area contributed by atoms with Gasteiger partial charge in [-0.15, -0.1) is 0 Å². The van der Waals surface area contributed by atoms with Crippen molar-refractivity contribution in [1.82, 2.24) is 9.97 Å². The lowest BCUT2D eigenvalue weighted by molar-refractivity contribution is -0.138. The van der Waals surface area contributed by atoms with Gasteiger partial charge in [0.05, 0.1) is 12.8 Å². The summed E-state index contributed by atoms with van der Waals surface area (Å²) in [5, 5.41) is 2.91. The molecule has 94 valence electrons. The molecule has 1 rings (SSSR count). The second-order valence-corrected chi connectivity index (χ2v) is 4.46. The van der Waals surface area contributed by atoms with Crippen molar-refractivity contribution in [1.29, 1.82) is 0 Å². The average molecular weight is 237 g/mol. The summed E-state index contributed by atoms with van der Waals surface area (Å²) in [4.78, 5) is 19.3. The summed E-state index contributed by atoms with van der Waals surface area (Å²) in [6.07, 6.45) is 2.49. The van der Waals surface area contributed by atoms with Crippen LogP contribution < -0.4 is 5.32 Å². The van der Waals surface area contributed by atoms with Gasteiger partial charge in [0.1, 0.15) is 18.7 Å². The molecule has 0 atom stereocenters. The van der Waals surface area contributed by atoms with Crippen molar-refractivity contribution >= 4 is 11.8 Å². The Morgan fingerprint density at radius 3 is 2.76 bits per heavy atom. The molecule has 0 saturated heterocycles. The molecule has 0 aromatic carbocycles. The summed E-state index contributed by atoms with van der Waals surface area (Å²) < 4.78 is 4.55. The Labute approximate surface area is 102 Å². The number of nitrogens with one attached hydrogen (secondary N) is 1. The number of hydrogen-bond acceptors (Lipinski definition) is 5. The maximum Gasteiger partial charge on any atom is 0.325 e. The van der Waals surface area contributed by atoms with Crippen LogP contribution in [-0.4, -0.2) is 29.6 Å². The van der Waals surface area contributed by atoms with Gasteiger partial charge in [-0.1, -0.05) is 20.8 Å². The van der Waals surface area contributed by atoms with E-state index >= 15 is 0 Å². The number of methoxy groups -OCH3 is 1. The molecule has 1 aromatic heterocycles. The monoisotopic (exact) mass is 237 g/mol. The van der Waals surface area contributed by atoms with E-state index in [0.717, 1.165) is 12.1 Å². The zero-order valence-electron chi connectivity index (χ0n) is 10.8. The Balaban J connectivity index is 2.76.